The number of nitrogens with one attached hydrogen (secondary N) is 1. The van der Waals surface area contributed by atoms with Crippen LogP contribution in [-0.4, -0.2) is 21.0 Å². The van der Waals surface area contributed by atoms with Gasteiger partial charge >= 0.3 is 12.1 Å². The van der Waals surface area contributed by atoms with Gasteiger partial charge < -0.3 is 10.4 Å². The number of carboxylic acids is 1. The first-order chi connectivity index (χ1) is 14.8. The Kier molecular flexibility index (Phi) is 5.29. The van der Waals surface area contributed by atoms with Crippen LogP contribution in [0.3, 0.4) is 0 Å². The monoisotopic (exact) mass is 423 g/mol. The molecule has 1 aromatic heterocycles. The minimum Gasteiger partial charge on any atom is -0.478 e. The second kappa shape index (κ2) is 8.06. The molecule has 156 valence electrons. The highest BCUT2D eigenvalue weighted by molar-refractivity contribution is 5.96. The van der Waals surface area contributed by atoms with Crippen molar-refractivity contribution < 1.29 is 23.1 Å². The third-order valence-electron chi connectivity index (χ3n) is 4.74. The predicted octanol–water partition coefficient (Wildman–Crippen LogP) is 5.63. The summed E-state index contributed by atoms with van der Waals surface area (Å²) in [6, 6.07) is 20.3. The quantitative estimate of drug-likeness (QED) is 0.435. The van der Waals surface area contributed by atoms with E-state index in [1.807, 2.05) is 0 Å². The summed E-state index contributed by atoms with van der Waals surface area (Å²) >= 11 is 0. The molecule has 31 heavy (non-hydrogen) atoms. The van der Waals surface area contributed by atoms with Crippen LogP contribution in [0.25, 0.3) is 22.0 Å². The third kappa shape index (κ3) is 4.32. The van der Waals surface area contributed by atoms with Crippen LogP contribution in [0.2, 0.25) is 0 Å². The molecule has 0 aliphatic rings. The highest BCUT2D eigenvalue weighted by Gasteiger charge is 2.35. The molecule has 4 aromatic rings. The van der Waals surface area contributed by atoms with E-state index >= 15 is 0 Å². The lowest BCUT2D eigenvalue weighted by Crippen LogP contribution is -2.13. The summed E-state index contributed by atoms with van der Waals surface area (Å²) < 4.78 is 39.5. The van der Waals surface area contributed by atoms with E-state index in [9.17, 15) is 23.1 Å². The highest BCUT2D eigenvalue weighted by atomic mass is 19.4. The van der Waals surface area contributed by atoms with Crippen molar-refractivity contribution in [1.82, 2.24) is 9.97 Å². The molecule has 0 radical (unpaired) electrons. The van der Waals surface area contributed by atoms with Crippen molar-refractivity contribution in [3.8, 4) is 11.1 Å². The van der Waals surface area contributed by atoms with Crippen LogP contribution in [0.15, 0.2) is 72.8 Å². The number of nitrogens with zero attached hydrogens (tertiary/aromatic N) is 2. The van der Waals surface area contributed by atoms with Crippen LogP contribution in [0.5, 0.6) is 0 Å². The number of hydrogen-bond acceptors (Lipinski definition) is 4. The summed E-state index contributed by atoms with van der Waals surface area (Å²) in [4.78, 5) is 18.7. The number of aromatic carboxylic acids is 1. The van der Waals surface area contributed by atoms with Gasteiger partial charge in [0.15, 0.2) is 0 Å². The zero-order chi connectivity index (χ0) is 22.0. The fourth-order valence-corrected chi connectivity index (χ4v) is 3.25. The van der Waals surface area contributed by atoms with Gasteiger partial charge in [-0.1, -0.05) is 54.6 Å². The number of carboxylic acid groups (broad SMARTS) is 1. The van der Waals surface area contributed by atoms with Crippen molar-refractivity contribution in [2.45, 2.75) is 12.7 Å². The van der Waals surface area contributed by atoms with E-state index in [-0.39, 0.29) is 23.4 Å². The zero-order valence-corrected chi connectivity index (χ0v) is 16.0. The molecule has 0 saturated carbocycles. The number of alkyl halides is 3. The molecule has 0 atom stereocenters. The number of hydrogen-bond donors (Lipinski definition) is 2. The molecular weight excluding hydrogens is 407 g/mol. The molecule has 5 nitrogen and oxygen atoms in total. The molecule has 0 aliphatic carbocycles. The van der Waals surface area contributed by atoms with Crippen LogP contribution in [-0.2, 0) is 12.7 Å². The van der Waals surface area contributed by atoms with E-state index in [4.69, 9.17) is 0 Å². The number of para-hydroxylation sites is 1. The number of halogens is 3. The molecular formula is C23H16F3N3O2. The van der Waals surface area contributed by atoms with Crippen LogP contribution in [0.4, 0.5) is 19.0 Å². The van der Waals surface area contributed by atoms with Crippen molar-refractivity contribution in [2.24, 2.45) is 0 Å². The molecule has 2 N–H and O–H groups in total. The van der Waals surface area contributed by atoms with Gasteiger partial charge in [-0.05, 0) is 34.9 Å². The van der Waals surface area contributed by atoms with E-state index in [0.29, 0.717) is 10.9 Å². The number of benzene rings is 3. The van der Waals surface area contributed by atoms with Gasteiger partial charge in [-0.25, -0.2) is 14.8 Å². The van der Waals surface area contributed by atoms with E-state index in [1.54, 1.807) is 60.7 Å². The molecule has 8 heteroatoms. The SMILES string of the molecule is O=C(O)c1ccccc1-c1ccc(CNc2nc(C(F)(F)F)nc3ccccc23)cc1. The maximum Gasteiger partial charge on any atom is 0.451 e. The number of anilines is 1. The number of aromatic nitrogens is 2. The van der Waals surface area contributed by atoms with Crippen molar-refractivity contribution in [3.63, 3.8) is 0 Å². The standard InChI is InChI=1S/C23H16F3N3O2/c24-23(25,26)22-28-19-8-4-3-7-18(19)20(29-22)27-13-14-9-11-15(12-10-14)16-5-1-2-6-17(16)21(30)31/h1-12H,13H2,(H,30,31)(H,27,28,29). The normalized spacial score (nSPS) is 11.5. The summed E-state index contributed by atoms with van der Waals surface area (Å²) in [6.45, 7) is 0.235. The summed E-state index contributed by atoms with van der Waals surface area (Å²) in [7, 11) is 0. The van der Waals surface area contributed by atoms with Gasteiger partial charge in [0.25, 0.3) is 0 Å². The topological polar surface area (TPSA) is 75.1 Å². The molecule has 0 spiro atoms. The van der Waals surface area contributed by atoms with Crippen molar-refractivity contribution in [2.75, 3.05) is 5.32 Å². The van der Waals surface area contributed by atoms with Crippen molar-refractivity contribution >= 4 is 22.7 Å². The van der Waals surface area contributed by atoms with Gasteiger partial charge in [-0.2, -0.15) is 13.2 Å². The van der Waals surface area contributed by atoms with Gasteiger partial charge in [0, 0.05) is 11.9 Å². The molecule has 0 amide bonds. The summed E-state index contributed by atoms with van der Waals surface area (Å²) in [6.07, 6.45) is -4.65. The van der Waals surface area contributed by atoms with Gasteiger partial charge in [0.05, 0.1) is 11.1 Å². The third-order valence-corrected chi connectivity index (χ3v) is 4.74. The van der Waals surface area contributed by atoms with E-state index in [0.717, 1.165) is 11.1 Å². The van der Waals surface area contributed by atoms with Gasteiger partial charge in [0.1, 0.15) is 5.82 Å². The van der Waals surface area contributed by atoms with E-state index in [2.05, 4.69) is 15.3 Å². The van der Waals surface area contributed by atoms with Crippen molar-refractivity contribution in [1.29, 1.82) is 0 Å². The van der Waals surface area contributed by atoms with Crippen LogP contribution in [0, 0.1) is 0 Å². The minimum atomic E-state index is -4.65. The van der Waals surface area contributed by atoms with Gasteiger partial charge in [-0.3, -0.25) is 0 Å². The number of fused-ring (bicyclic) bond motifs is 1. The average molecular weight is 423 g/mol. The Bertz CT molecular complexity index is 1260. The Balaban J connectivity index is 1.59. The van der Waals surface area contributed by atoms with Crippen LogP contribution >= 0.6 is 0 Å². The van der Waals surface area contributed by atoms with E-state index in [1.165, 1.54) is 12.1 Å². The Morgan fingerprint density at radius 2 is 1.58 bits per heavy atom. The fourth-order valence-electron chi connectivity index (χ4n) is 3.25. The Labute approximate surface area is 175 Å². The summed E-state index contributed by atoms with van der Waals surface area (Å²) in [5, 5.41) is 12.8. The molecule has 3 aromatic carbocycles. The second-order valence-corrected chi connectivity index (χ2v) is 6.81. The number of carbonyl (C=O) groups is 1. The summed E-state index contributed by atoms with van der Waals surface area (Å²) in [5.74, 6) is -2.12. The molecule has 0 aliphatic heterocycles. The second-order valence-electron chi connectivity index (χ2n) is 6.81. The molecule has 0 bridgehead atoms. The maximum absolute atomic E-state index is 13.2. The first kappa shape index (κ1) is 20.3. The van der Waals surface area contributed by atoms with Crippen LogP contribution in [0.1, 0.15) is 21.7 Å². The average Bonchev–Trinajstić information content (AvgIpc) is 2.77. The largest absolute Gasteiger partial charge is 0.478 e. The zero-order valence-electron chi connectivity index (χ0n) is 16.0. The first-order valence-corrected chi connectivity index (χ1v) is 9.32. The lowest BCUT2D eigenvalue weighted by Gasteiger charge is -2.13. The minimum absolute atomic E-state index is 0.0956. The molecule has 1 heterocycles. The maximum atomic E-state index is 13.2. The summed E-state index contributed by atoms with van der Waals surface area (Å²) in [5.41, 5.74) is 2.51. The Morgan fingerprint density at radius 3 is 2.29 bits per heavy atom. The molecule has 0 saturated heterocycles. The lowest BCUT2D eigenvalue weighted by atomic mass is 9.99. The van der Waals surface area contributed by atoms with Gasteiger partial charge in [-0.15, -0.1) is 0 Å². The molecule has 4 rings (SSSR count). The molecule has 0 unspecified atom stereocenters. The first-order valence-electron chi connectivity index (χ1n) is 9.32. The lowest BCUT2D eigenvalue weighted by molar-refractivity contribution is -0.144. The highest BCUT2D eigenvalue weighted by Crippen LogP contribution is 2.30. The Morgan fingerprint density at radius 1 is 0.903 bits per heavy atom. The predicted molar refractivity (Wildman–Crippen MR) is 111 cm³/mol. The molecule has 0 fully saturated rings. The smallest absolute Gasteiger partial charge is 0.451 e. The fraction of sp³-hybridized carbons (Fsp3) is 0.0870. The van der Waals surface area contributed by atoms with Crippen LogP contribution < -0.4 is 5.32 Å². The van der Waals surface area contributed by atoms with E-state index < -0.39 is 18.0 Å². The Hall–Kier alpha value is -3.94. The number of rotatable bonds is 5. The van der Waals surface area contributed by atoms with Gasteiger partial charge in [0.2, 0.25) is 5.82 Å². The van der Waals surface area contributed by atoms with Crippen molar-refractivity contribution in [3.05, 3.63) is 89.7 Å².